The van der Waals surface area contributed by atoms with E-state index >= 15 is 0 Å². The third-order valence-electron chi connectivity index (χ3n) is 6.09. The summed E-state index contributed by atoms with van der Waals surface area (Å²) in [5.74, 6) is 3.09. The lowest BCUT2D eigenvalue weighted by Crippen LogP contribution is -2.50. The second-order valence-corrected chi connectivity index (χ2v) is 6.94. The summed E-state index contributed by atoms with van der Waals surface area (Å²) in [6.07, 6.45) is 13.4. The SMILES string of the molecule is C1CCC2CN3NC4CCCCC4C3CC2C1. The molecule has 0 radical (unpaired) electrons. The molecule has 0 aromatic carbocycles. The fraction of sp³-hybridized carbons (Fsp3) is 1.00. The van der Waals surface area contributed by atoms with Gasteiger partial charge in [0, 0.05) is 18.6 Å². The van der Waals surface area contributed by atoms with Crippen LogP contribution >= 0.6 is 0 Å². The topological polar surface area (TPSA) is 15.3 Å². The molecule has 0 aromatic rings. The molecule has 2 saturated heterocycles. The Morgan fingerprint density at radius 2 is 1.59 bits per heavy atom. The lowest BCUT2D eigenvalue weighted by atomic mass is 9.70. The number of nitrogens with zero attached hydrogens (tertiary/aromatic N) is 1. The number of hydrogen-bond acceptors (Lipinski definition) is 2. The third-order valence-corrected chi connectivity index (χ3v) is 6.09. The molecular weight excluding hydrogens is 208 g/mol. The van der Waals surface area contributed by atoms with E-state index in [9.17, 15) is 0 Å². The summed E-state index contributed by atoms with van der Waals surface area (Å²) in [5, 5.41) is 2.67. The Hall–Kier alpha value is -0.0800. The lowest BCUT2D eigenvalue weighted by Gasteiger charge is -2.44. The van der Waals surface area contributed by atoms with E-state index in [1.54, 1.807) is 0 Å². The molecule has 0 aromatic heterocycles. The van der Waals surface area contributed by atoms with Gasteiger partial charge in [0.05, 0.1) is 0 Å². The normalized spacial score (nSPS) is 50.5. The molecule has 17 heavy (non-hydrogen) atoms. The molecule has 0 amide bonds. The molecule has 4 aliphatic rings. The first-order valence-electron chi connectivity index (χ1n) is 7.94. The molecule has 2 heteroatoms. The highest BCUT2D eigenvalue weighted by Gasteiger charge is 2.47. The zero-order chi connectivity index (χ0) is 11.2. The average molecular weight is 234 g/mol. The minimum Gasteiger partial charge on any atom is -0.251 e. The van der Waals surface area contributed by atoms with Crippen molar-refractivity contribution in [2.24, 2.45) is 17.8 Å². The maximum absolute atomic E-state index is 3.86. The molecule has 5 atom stereocenters. The summed E-state index contributed by atoms with van der Waals surface area (Å²) >= 11 is 0. The summed E-state index contributed by atoms with van der Waals surface area (Å²) in [6.45, 7) is 1.36. The molecule has 1 N–H and O–H groups in total. The number of rotatable bonds is 0. The molecule has 2 aliphatic heterocycles. The predicted molar refractivity (Wildman–Crippen MR) is 69.4 cm³/mol. The van der Waals surface area contributed by atoms with Gasteiger partial charge in [-0.25, -0.2) is 5.01 Å². The smallest absolute Gasteiger partial charge is 0.0290 e. The van der Waals surface area contributed by atoms with E-state index in [2.05, 4.69) is 10.4 Å². The van der Waals surface area contributed by atoms with Crippen LogP contribution in [0.5, 0.6) is 0 Å². The zero-order valence-corrected chi connectivity index (χ0v) is 10.9. The molecule has 4 rings (SSSR count). The van der Waals surface area contributed by atoms with Crippen LogP contribution in [-0.2, 0) is 0 Å². The second kappa shape index (κ2) is 4.24. The summed E-state index contributed by atoms with van der Waals surface area (Å²) < 4.78 is 0. The van der Waals surface area contributed by atoms with Gasteiger partial charge in [-0.1, -0.05) is 32.1 Å². The molecule has 2 heterocycles. The van der Waals surface area contributed by atoms with Gasteiger partial charge < -0.3 is 0 Å². The van der Waals surface area contributed by atoms with Crippen molar-refractivity contribution in [2.75, 3.05) is 6.54 Å². The second-order valence-electron chi connectivity index (χ2n) is 6.94. The zero-order valence-electron chi connectivity index (χ0n) is 10.9. The number of nitrogens with one attached hydrogen (secondary N) is 1. The highest BCUT2D eigenvalue weighted by Crippen LogP contribution is 2.45. The highest BCUT2D eigenvalue weighted by molar-refractivity contribution is 5.00. The Morgan fingerprint density at radius 1 is 0.824 bits per heavy atom. The van der Waals surface area contributed by atoms with E-state index in [0.29, 0.717) is 0 Å². The first kappa shape index (κ1) is 10.8. The highest BCUT2D eigenvalue weighted by atomic mass is 15.6. The Kier molecular flexibility index (Phi) is 2.69. The van der Waals surface area contributed by atoms with E-state index in [4.69, 9.17) is 0 Å². The summed E-state index contributed by atoms with van der Waals surface area (Å²) in [4.78, 5) is 0. The van der Waals surface area contributed by atoms with Crippen molar-refractivity contribution in [2.45, 2.75) is 69.9 Å². The van der Waals surface area contributed by atoms with Gasteiger partial charge in [-0.15, -0.1) is 0 Å². The van der Waals surface area contributed by atoms with Gasteiger partial charge in [0.25, 0.3) is 0 Å². The molecular formula is C15H26N2. The van der Waals surface area contributed by atoms with Crippen LogP contribution in [-0.4, -0.2) is 23.6 Å². The first-order chi connectivity index (χ1) is 8.42. The van der Waals surface area contributed by atoms with Gasteiger partial charge in [-0.2, -0.15) is 0 Å². The van der Waals surface area contributed by atoms with Crippen LogP contribution in [0.4, 0.5) is 0 Å². The quantitative estimate of drug-likeness (QED) is 0.693. The van der Waals surface area contributed by atoms with Crippen molar-refractivity contribution in [1.29, 1.82) is 0 Å². The summed E-state index contributed by atoms with van der Waals surface area (Å²) in [5.41, 5.74) is 3.86. The van der Waals surface area contributed by atoms with Gasteiger partial charge in [0.2, 0.25) is 0 Å². The van der Waals surface area contributed by atoms with Gasteiger partial charge in [-0.05, 0) is 43.4 Å². The number of hydrogen-bond donors (Lipinski definition) is 1. The van der Waals surface area contributed by atoms with Crippen LogP contribution in [0.2, 0.25) is 0 Å². The van der Waals surface area contributed by atoms with E-state index < -0.39 is 0 Å². The van der Waals surface area contributed by atoms with E-state index in [0.717, 1.165) is 29.8 Å². The first-order valence-corrected chi connectivity index (χ1v) is 7.94. The van der Waals surface area contributed by atoms with Crippen molar-refractivity contribution in [1.82, 2.24) is 10.4 Å². The van der Waals surface area contributed by atoms with Crippen LogP contribution in [0.1, 0.15) is 57.8 Å². The van der Waals surface area contributed by atoms with Gasteiger partial charge in [0.15, 0.2) is 0 Å². The molecule has 4 fully saturated rings. The molecule has 2 aliphatic carbocycles. The van der Waals surface area contributed by atoms with Crippen LogP contribution in [0.3, 0.4) is 0 Å². The molecule has 0 spiro atoms. The van der Waals surface area contributed by atoms with Crippen LogP contribution in [0.25, 0.3) is 0 Å². The number of piperidine rings is 1. The Bertz CT molecular complexity index is 289. The maximum atomic E-state index is 3.86. The largest absolute Gasteiger partial charge is 0.251 e. The van der Waals surface area contributed by atoms with Gasteiger partial charge >= 0.3 is 0 Å². The van der Waals surface area contributed by atoms with Gasteiger partial charge in [0.1, 0.15) is 0 Å². The fourth-order valence-electron chi connectivity index (χ4n) is 5.21. The monoisotopic (exact) mass is 234 g/mol. The predicted octanol–water partition coefficient (Wildman–Crippen LogP) is 2.94. The van der Waals surface area contributed by atoms with Crippen molar-refractivity contribution >= 4 is 0 Å². The lowest BCUT2D eigenvalue weighted by molar-refractivity contribution is 0.0253. The molecule has 5 unspecified atom stereocenters. The standard InChI is InChI=1S/C15H26N2/c1-2-6-12-10-17-15(9-11(12)5-1)13-7-3-4-8-14(13)16-17/h11-16H,1-10H2. The molecule has 2 saturated carbocycles. The van der Waals surface area contributed by atoms with Gasteiger partial charge in [-0.3, -0.25) is 5.43 Å². The van der Waals surface area contributed by atoms with E-state index in [1.807, 2.05) is 0 Å². The summed E-state index contributed by atoms with van der Waals surface area (Å²) in [7, 11) is 0. The minimum absolute atomic E-state index is 0.842. The maximum Gasteiger partial charge on any atom is 0.0290 e. The number of fused-ring (bicyclic) bond motifs is 4. The molecule has 96 valence electrons. The van der Waals surface area contributed by atoms with Crippen LogP contribution in [0, 0.1) is 17.8 Å². The molecule has 0 bridgehead atoms. The Labute approximate surface area is 105 Å². The van der Waals surface area contributed by atoms with E-state index in [1.165, 1.54) is 64.3 Å². The molecule has 2 nitrogen and oxygen atoms in total. The van der Waals surface area contributed by atoms with Crippen molar-refractivity contribution < 1.29 is 0 Å². The summed E-state index contributed by atoms with van der Waals surface area (Å²) in [6, 6.07) is 1.74. The Balaban J connectivity index is 1.52. The van der Waals surface area contributed by atoms with Crippen molar-refractivity contribution in [3.8, 4) is 0 Å². The third kappa shape index (κ3) is 1.76. The Morgan fingerprint density at radius 3 is 2.53 bits per heavy atom. The average Bonchev–Trinajstić information content (AvgIpc) is 2.73. The van der Waals surface area contributed by atoms with E-state index in [-0.39, 0.29) is 0 Å². The fourth-order valence-corrected chi connectivity index (χ4v) is 5.21. The van der Waals surface area contributed by atoms with Crippen molar-refractivity contribution in [3.63, 3.8) is 0 Å². The van der Waals surface area contributed by atoms with Crippen molar-refractivity contribution in [3.05, 3.63) is 0 Å². The minimum atomic E-state index is 0.842. The van der Waals surface area contributed by atoms with Crippen LogP contribution < -0.4 is 5.43 Å². The number of hydrazine groups is 1. The van der Waals surface area contributed by atoms with Crippen LogP contribution in [0.15, 0.2) is 0 Å².